The Morgan fingerprint density at radius 1 is 1.35 bits per heavy atom. The van der Waals surface area contributed by atoms with E-state index in [4.69, 9.17) is 0 Å². The van der Waals surface area contributed by atoms with Gasteiger partial charge in [-0.05, 0) is 36.6 Å². The summed E-state index contributed by atoms with van der Waals surface area (Å²) in [5.74, 6) is 0. The van der Waals surface area contributed by atoms with Gasteiger partial charge in [0.2, 0.25) is 0 Å². The van der Waals surface area contributed by atoms with Crippen LogP contribution in [0.15, 0.2) is 22.7 Å². The average molecular weight is 300 g/mol. The molecule has 1 rings (SSSR count). The predicted molar refractivity (Wildman–Crippen MR) is 77.5 cm³/mol. The molecule has 1 aromatic carbocycles. The lowest BCUT2D eigenvalue weighted by Crippen LogP contribution is -2.29. The van der Waals surface area contributed by atoms with Gasteiger partial charge in [0.05, 0.1) is 6.61 Å². The first-order chi connectivity index (χ1) is 8.04. The highest BCUT2D eigenvalue weighted by Crippen LogP contribution is 2.25. The molecule has 0 saturated carbocycles. The SMILES string of the molecule is CCc1cc(Br)ccc1NCC(C)(CC)CO. The van der Waals surface area contributed by atoms with Crippen molar-refractivity contribution in [2.45, 2.75) is 33.6 Å². The Labute approximate surface area is 113 Å². The summed E-state index contributed by atoms with van der Waals surface area (Å²) in [6, 6.07) is 6.28. The molecule has 1 unspecified atom stereocenters. The molecule has 17 heavy (non-hydrogen) atoms. The van der Waals surface area contributed by atoms with Gasteiger partial charge >= 0.3 is 0 Å². The van der Waals surface area contributed by atoms with E-state index in [2.05, 4.69) is 54.2 Å². The van der Waals surface area contributed by atoms with Crippen LogP contribution in [0.4, 0.5) is 5.69 Å². The number of hydrogen-bond donors (Lipinski definition) is 2. The molecule has 1 atom stereocenters. The van der Waals surface area contributed by atoms with Crippen LogP contribution in [0.25, 0.3) is 0 Å². The number of hydrogen-bond acceptors (Lipinski definition) is 2. The van der Waals surface area contributed by atoms with E-state index in [0.29, 0.717) is 0 Å². The fourth-order valence-corrected chi connectivity index (χ4v) is 2.04. The van der Waals surface area contributed by atoms with Crippen molar-refractivity contribution in [1.29, 1.82) is 0 Å². The highest BCUT2D eigenvalue weighted by molar-refractivity contribution is 9.10. The molecule has 0 amide bonds. The molecule has 2 N–H and O–H groups in total. The molecular weight excluding hydrogens is 278 g/mol. The van der Waals surface area contributed by atoms with E-state index in [9.17, 15) is 5.11 Å². The van der Waals surface area contributed by atoms with Gasteiger partial charge in [-0.3, -0.25) is 0 Å². The lowest BCUT2D eigenvalue weighted by molar-refractivity contribution is 0.149. The third kappa shape index (κ3) is 4.00. The topological polar surface area (TPSA) is 32.3 Å². The normalized spacial score (nSPS) is 14.4. The first-order valence-corrected chi connectivity index (χ1v) is 6.97. The van der Waals surface area contributed by atoms with Crippen molar-refractivity contribution in [3.63, 3.8) is 0 Å². The van der Waals surface area contributed by atoms with Crippen LogP contribution in [0.3, 0.4) is 0 Å². The Hall–Kier alpha value is -0.540. The number of anilines is 1. The largest absolute Gasteiger partial charge is 0.396 e. The second-order valence-corrected chi connectivity index (χ2v) is 5.75. The fraction of sp³-hybridized carbons (Fsp3) is 0.571. The number of halogens is 1. The number of aliphatic hydroxyl groups is 1. The zero-order chi connectivity index (χ0) is 12.9. The Morgan fingerprint density at radius 2 is 2.06 bits per heavy atom. The van der Waals surface area contributed by atoms with Crippen molar-refractivity contribution in [2.75, 3.05) is 18.5 Å². The maximum Gasteiger partial charge on any atom is 0.0501 e. The summed E-state index contributed by atoms with van der Waals surface area (Å²) in [5, 5.41) is 12.8. The van der Waals surface area contributed by atoms with Crippen LogP contribution in [-0.2, 0) is 6.42 Å². The van der Waals surface area contributed by atoms with Crippen molar-refractivity contribution in [2.24, 2.45) is 5.41 Å². The van der Waals surface area contributed by atoms with Crippen molar-refractivity contribution >= 4 is 21.6 Å². The molecule has 0 aliphatic carbocycles. The van der Waals surface area contributed by atoms with Crippen LogP contribution in [0, 0.1) is 5.41 Å². The Morgan fingerprint density at radius 3 is 2.59 bits per heavy atom. The van der Waals surface area contributed by atoms with Crippen LogP contribution >= 0.6 is 15.9 Å². The molecule has 0 spiro atoms. The van der Waals surface area contributed by atoms with Crippen LogP contribution in [-0.4, -0.2) is 18.3 Å². The number of aryl methyl sites for hydroxylation is 1. The standard InChI is InChI=1S/C14H22BrNO/c1-4-11-8-12(15)6-7-13(11)16-9-14(3,5-2)10-17/h6-8,16-17H,4-5,9-10H2,1-3H3. The fourth-order valence-electron chi connectivity index (χ4n) is 1.63. The van der Waals surface area contributed by atoms with Gasteiger partial charge in [-0.25, -0.2) is 0 Å². The van der Waals surface area contributed by atoms with Gasteiger partial charge in [0.25, 0.3) is 0 Å². The molecule has 3 heteroatoms. The summed E-state index contributed by atoms with van der Waals surface area (Å²) in [7, 11) is 0. The molecule has 1 aromatic rings. The summed E-state index contributed by atoms with van der Waals surface area (Å²) in [5.41, 5.74) is 2.43. The molecule has 0 fully saturated rings. The van der Waals surface area contributed by atoms with Gasteiger partial charge in [-0.1, -0.05) is 36.7 Å². The van der Waals surface area contributed by atoms with E-state index in [1.54, 1.807) is 0 Å². The third-order valence-corrected chi connectivity index (χ3v) is 3.88. The van der Waals surface area contributed by atoms with Crippen molar-refractivity contribution < 1.29 is 5.11 Å². The highest BCUT2D eigenvalue weighted by Gasteiger charge is 2.20. The van der Waals surface area contributed by atoms with Gasteiger partial charge in [0, 0.05) is 22.1 Å². The van der Waals surface area contributed by atoms with E-state index in [1.165, 1.54) is 11.3 Å². The molecule has 0 radical (unpaired) electrons. The summed E-state index contributed by atoms with van der Waals surface area (Å²) >= 11 is 3.49. The molecule has 2 nitrogen and oxygen atoms in total. The smallest absolute Gasteiger partial charge is 0.0501 e. The molecule has 96 valence electrons. The minimum Gasteiger partial charge on any atom is -0.396 e. The second kappa shape index (κ2) is 6.41. The molecule has 0 aliphatic heterocycles. The molecule has 0 bridgehead atoms. The van der Waals surface area contributed by atoms with Gasteiger partial charge in [0.1, 0.15) is 0 Å². The summed E-state index contributed by atoms with van der Waals surface area (Å²) in [4.78, 5) is 0. The van der Waals surface area contributed by atoms with Crippen LogP contribution in [0.5, 0.6) is 0 Å². The zero-order valence-corrected chi connectivity index (χ0v) is 12.5. The summed E-state index contributed by atoms with van der Waals surface area (Å²) in [6.45, 7) is 7.38. The Kier molecular flexibility index (Phi) is 5.47. The molecule has 0 saturated heterocycles. The number of nitrogens with one attached hydrogen (secondary N) is 1. The minimum absolute atomic E-state index is 0.0436. The zero-order valence-electron chi connectivity index (χ0n) is 10.9. The summed E-state index contributed by atoms with van der Waals surface area (Å²) in [6.07, 6.45) is 1.97. The van der Waals surface area contributed by atoms with Crippen LogP contribution in [0.1, 0.15) is 32.8 Å². The van der Waals surface area contributed by atoms with Gasteiger partial charge in [-0.15, -0.1) is 0 Å². The Bertz CT molecular complexity index is 361. The quantitative estimate of drug-likeness (QED) is 0.837. The lowest BCUT2D eigenvalue weighted by Gasteiger charge is -2.27. The average Bonchev–Trinajstić information content (AvgIpc) is 2.36. The van der Waals surface area contributed by atoms with Crippen molar-refractivity contribution in [1.82, 2.24) is 0 Å². The van der Waals surface area contributed by atoms with Crippen molar-refractivity contribution in [3.05, 3.63) is 28.2 Å². The van der Waals surface area contributed by atoms with Gasteiger partial charge in [0.15, 0.2) is 0 Å². The van der Waals surface area contributed by atoms with E-state index in [1.807, 2.05) is 6.07 Å². The third-order valence-electron chi connectivity index (χ3n) is 3.39. The Balaban J connectivity index is 2.75. The van der Waals surface area contributed by atoms with Crippen LogP contribution < -0.4 is 5.32 Å². The minimum atomic E-state index is -0.0436. The maximum absolute atomic E-state index is 9.39. The first-order valence-electron chi connectivity index (χ1n) is 6.18. The highest BCUT2D eigenvalue weighted by atomic mass is 79.9. The summed E-state index contributed by atoms with van der Waals surface area (Å²) < 4.78 is 1.11. The lowest BCUT2D eigenvalue weighted by atomic mass is 9.88. The number of benzene rings is 1. The molecule has 0 heterocycles. The molecule has 0 aromatic heterocycles. The van der Waals surface area contributed by atoms with E-state index in [0.717, 1.165) is 23.9 Å². The second-order valence-electron chi connectivity index (χ2n) is 4.83. The molecule has 0 aliphatic rings. The molecular formula is C14H22BrNO. The van der Waals surface area contributed by atoms with Gasteiger partial charge in [-0.2, -0.15) is 0 Å². The van der Waals surface area contributed by atoms with Crippen LogP contribution in [0.2, 0.25) is 0 Å². The predicted octanol–water partition coefficient (Wildman–Crippen LogP) is 3.83. The van der Waals surface area contributed by atoms with E-state index >= 15 is 0 Å². The number of rotatable bonds is 6. The maximum atomic E-state index is 9.39. The monoisotopic (exact) mass is 299 g/mol. The first kappa shape index (κ1) is 14.5. The van der Waals surface area contributed by atoms with E-state index in [-0.39, 0.29) is 12.0 Å². The van der Waals surface area contributed by atoms with E-state index < -0.39 is 0 Å². The number of aliphatic hydroxyl groups excluding tert-OH is 1. The van der Waals surface area contributed by atoms with Crippen molar-refractivity contribution in [3.8, 4) is 0 Å². The van der Waals surface area contributed by atoms with Gasteiger partial charge < -0.3 is 10.4 Å².